The number of carbonyl (C=O) groups is 2. The van der Waals surface area contributed by atoms with Gasteiger partial charge in [-0.25, -0.2) is 0 Å². The summed E-state index contributed by atoms with van der Waals surface area (Å²) in [7, 11) is 1.59. The molecule has 0 bridgehead atoms. The third kappa shape index (κ3) is 4.16. The number of rotatable bonds is 7. The fraction of sp³-hybridized carbons (Fsp3) is 0.500. The minimum Gasteiger partial charge on any atom is -0.497 e. The van der Waals surface area contributed by atoms with E-state index >= 15 is 0 Å². The summed E-state index contributed by atoms with van der Waals surface area (Å²) >= 11 is 1.82. The number of carbonyl (C=O) groups excluding carboxylic acids is 2. The van der Waals surface area contributed by atoms with Crippen LogP contribution in [0.3, 0.4) is 0 Å². The molecule has 22 heavy (non-hydrogen) atoms. The fourth-order valence-electron chi connectivity index (χ4n) is 2.42. The van der Waals surface area contributed by atoms with Gasteiger partial charge in [0, 0.05) is 24.4 Å². The molecule has 2 N–H and O–H groups in total. The molecule has 0 aromatic heterocycles. The number of fused-ring (bicyclic) bond motifs is 1. The van der Waals surface area contributed by atoms with Gasteiger partial charge in [-0.2, -0.15) is 11.8 Å². The highest BCUT2D eigenvalue weighted by atomic mass is 32.2. The molecule has 120 valence electrons. The van der Waals surface area contributed by atoms with E-state index in [4.69, 9.17) is 4.74 Å². The van der Waals surface area contributed by atoms with E-state index in [1.54, 1.807) is 19.2 Å². The molecular formula is C16H22N2O3S. The van der Waals surface area contributed by atoms with Crippen LogP contribution in [0.5, 0.6) is 5.75 Å². The third-order valence-electron chi connectivity index (χ3n) is 3.51. The highest BCUT2D eigenvalue weighted by Gasteiger charge is 2.30. The first-order chi connectivity index (χ1) is 10.7. The smallest absolute Gasteiger partial charge is 0.228 e. The van der Waals surface area contributed by atoms with Gasteiger partial charge < -0.3 is 15.4 Å². The van der Waals surface area contributed by atoms with Crippen molar-refractivity contribution in [3.05, 3.63) is 23.8 Å². The molecule has 0 spiro atoms. The van der Waals surface area contributed by atoms with E-state index in [-0.39, 0.29) is 18.2 Å². The van der Waals surface area contributed by atoms with Crippen molar-refractivity contribution in [1.82, 2.24) is 5.32 Å². The lowest BCUT2D eigenvalue weighted by atomic mass is 9.89. The quantitative estimate of drug-likeness (QED) is 0.756. The number of hydrogen-bond donors (Lipinski definition) is 2. The van der Waals surface area contributed by atoms with Gasteiger partial charge in [0.15, 0.2) is 0 Å². The third-order valence-corrected chi connectivity index (χ3v) is 4.70. The molecule has 1 unspecified atom stereocenters. The maximum atomic E-state index is 12.4. The van der Waals surface area contributed by atoms with Crippen molar-refractivity contribution in [2.75, 3.05) is 30.5 Å². The largest absolute Gasteiger partial charge is 0.497 e. The minimum absolute atomic E-state index is 0.0959. The van der Waals surface area contributed by atoms with E-state index in [0.717, 1.165) is 23.5 Å². The Bertz CT molecular complexity index is 548. The standard InChI is InChI=1S/C16H22N2O3S/c1-3-7-22-8-6-17-16(20)13-10-15(19)18-14-5-4-11(21-2)9-12(13)14/h4-5,9,13H,3,6-8,10H2,1-2H3,(H,17,20)(H,18,19). The number of benzene rings is 1. The van der Waals surface area contributed by atoms with Crippen LogP contribution < -0.4 is 15.4 Å². The van der Waals surface area contributed by atoms with Gasteiger partial charge in [-0.1, -0.05) is 6.92 Å². The average Bonchev–Trinajstić information content (AvgIpc) is 2.53. The lowest BCUT2D eigenvalue weighted by molar-refractivity contribution is -0.126. The van der Waals surface area contributed by atoms with Crippen LogP contribution in [-0.2, 0) is 9.59 Å². The van der Waals surface area contributed by atoms with E-state index in [0.29, 0.717) is 18.0 Å². The van der Waals surface area contributed by atoms with Crippen LogP contribution in [0.15, 0.2) is 18.2 Å². The van der Waals surface area contributed by atoms with Gasteiger partial charge in [-0.15, -0.1) is 0 Å². The van der Waals surface area contributed by atoms with E-state index < -0.39 is 5.92 Å². The van der Waals surface area contributed by atoms with Crippen LogP contribution in [0.4, 0.5) is 5.69 Å². The lowest BCUT2D eigenvalue weighted by Gasteiger charge is -2.25. The predicted molar refractivity (Wildman–Crippen MR) is 89.6 cm³/mol. The molecule has 1 heterocycles. The molecule has 0 saturated heterocycles. The van der Waals surface area contributed by atoms with Gasteiger partial charge in [0.25, 0.3) is 0 Å². The van der Waals surface area contributed by atoms with E-state index in [9.17, 15) is 9.59 Å². The second-order valence-electron chi connectivity index (χ2n) is 5.16. The molecule has 0 fully saturated rings. The minimum atomic E-state index is -0.449. The van der Waals surface area contributed by atoms with Crippen LogP contribution >= 0.6 is 11.8 Å². The molecule has 6 heteroatoms. The van der Waals surface area contributed by atoms with Crippen molar-refractivity contribution in [3.8, 4) is 5.75 Å². The zero-order chi connectivity index (χ0) is 15.9. The Labute approximate surface area is 135 Å². The number of thioether (sulfide) groups is 1. The summed E-state index contributed by atoms with van der Waals surface area (Å²) in [6, 6.07) is 5.38. The molecule has 0 saturated carbocycles. The molecule has 1 aromatic carbocycles. The lowest BCUT2D eigenvalue weighted by Crippen LogP contribution is -2.36. The normalized spacial score (nSPS) is 16.6. The van der Waals surface area contributed by atoms with Gasteiger partial charge in [-0.3, -0.25) is 9.59 Å². The fourth-order valence-corrected chi connectivity index (χ4v) is 3.16. The molecule has 0 aliphatic carbocycles. The number of methoxy groups -OCH3 is 1. The first-order valence-electron chi connectivity index (χ1n) is 7.49. The topological polar surface area (TPSA) is 67.4 Å². The van der Waals surface area contributed by atoms with Gasteiger partial charge in [0.05, 0.1) is 13.0 Å². The Balaban J connectivity index is 2.04. The predicted octanol–water partition coefficient (Wildman–Crippen LogP) is 2.38. The molecule has 1 aliphatic rings. The summed E-state index contributed by atoms with van der Waals surface area (Å²) in [5, 5.41) is 5.73. The number of nitrogens with one attached hydrogen (secondary N) is 2. The van der Waals surface area contributed by atoms with Crippen LogP contribution in [0.25, 0.3) is 0 Å². The molecule has 1 aliphatic heterocycles. The first kappa shape index (κ1) is 16.7. The molecule has 1 aromatic rings. The zero-order valence-electron chi connectivity index (χ0n) is 13.0. The van der Waals surface area contributed by atoms with E-state index in [1.807, 2.05) is 17.8 Å². The number of ether oxygens (including phenoxy) is 1. The Kier molecular flexibility index (Phi) is 6.12. The highest BCUT2D eigenvalue weighted by molar-refractivity contribution is 7.99. The first-order valence-corrected chi connectivity index (χ1v) is 8.64. The Morgan fingerprint density at radius 3 is 3.00 bits per heavy atom. The van der Waals surface area contributed by atoms with Crippen LogP contribution in [0.2, 0.25) is 0 Å². The molecule has 1 atom stereocenters. The van der Waals surface area contributed by atoms with Gasteiger partial charge in [-0.05, 0) is 35.9 Å². The van der Waals surface area contributed by atoms with Crippen molar-refractivity contribution >= 4 is 29.3 Å². The Morgan fingerprint density at radius 1 is 1.45 bits per heavy atom. The summed E-state index contributed by atoms with van der Waals surface area (Å²) in [4.78, 5) is 24.2. The summed E-state index contributed by atoms with van der Waals surface area (Å²) in [6.45, 7) is 2.76. The van der Waals surface area contributed by atoms with Crippen molar-refractivity contribution in [3.63, 3.8) is 0 Å². The molecular weight excluding hydrogens is 300 g/mol. The van der Waals surface area contributed by atoms with Crippen LogP contribution in [0.1, 0.15) is 31.2 Å². The van der Waals surface area contributed by atoms with E-state index in [2.05, 4.69) is 17.6 Å². The number of anilines is 1. The summed E-state index contributed by atoms with van der Waals surface area (Å²) in [5.74, 6) is 2.01. The Hall–Kier alpha value is -1.69. The SMILES string of the molecule is CCCSCCNC(=O)C1CC(=O)Nc2ccc(OC)cc21. The second-order valence-corrected chi connectivity index (χ2v) is 6.39. The molecule has 2 amide bonds. The van der Waals surface area contributed by atoms with Gasteiger partial charge in [0.1, 0.15) is 5.75 Å². The van der Waals surface area contributed by atoms with Gasteiger partial charge >= 0.3 is 0 Å². The average molecular weight is 322 g/mol. The van der Waals surface area contributed by atoms with Crippen molar-refractivity contribution < 1.29 is 14.3 Å². The Morgan fingerprint density at radius 2 is 2.27 bits per heavy atom. The summed E-state index contributed by atoms with van der Waals surface area (Å²) < 4.78 is 5.21. The maximum absolute atomic E-state index is 12.4. The number of hydrogen-bond acceptors (Lipinski definition) is 4. The van der Waals surface area contributed by atoms with Gasteiger partial charge in [0.2, 0.25) is 11.8 Å². The summed E-state index contributed by atoms with van der Waals surface area (Å²) in [6.07, 6.45) is 1.31. The van der Waals surface area contributed by atoms with Crippen molar-refractivity contribution in [2.45, 2.75) is 25.7 Å². The van der Waals surface area contributed by atoms with Crippen molar-refractivity contribution in [2.24, 2.45) is 0 Å². The van der Waals surface area contributed by atoms with Crippen LogP contribution in [0, 0.1) is 0 Å². The molecule has 0 radical (unpaired) electrons. The maximum Gasteiger partial charge on any atom is 0.228 e. The monoisotopic (exact) mass is 322 g/mol. The highest BCUT2D eigenvalue weighted by Crippen LogP contribution is 2.34. The number of amides is 2. The summed E-state index contributed by atoms with van der Waals surface area (Å²) in [5.41, 5.74) is 1.51. The second kappa shape index (κ2) is 8.08. The van der Waals surface area contributed by atoms with Crippen LogP contribution in [-0.4, -0.2) is 37.0 Å². The van der Waals surface area contributed by atoms with Crippen molar-refractivity contribution in [1.29, 1.82) is 0 Å². The molecule has 5 nitrogen and oxygen atoms in total. The van der Waals surface area contributed by atoms with E-state index in [1.165, 1.54) is 0 Å². The molecule has 2 rings (SSSR count). The zero-order valence-corrected chi connectivity index (χ0v) is 13.8.